The Morgan fingerprint density at radius 3 is 2.41 bits per heavy atom. The molecule has 1 aromatic carbocycles. The topological polar surface area (TPSA) is 47.6 Å². The van der Waals surface area contributed by atoms with E-state index in [0.717, 1.165) is 5.75 Å². The van der Waals surface area contributed by atoms with Crippen molar-refractivity contribution in [3.63, 3.8) is 0 Å². The van der Waals surface area contributed by atoms with Gasteiger partial charge in [0.1, 0.15) is 5.75 Å². The first-order valence-electron chi connectivity index (χ1n) is 8.01. The molecule has 0 aromatic heterocycles. The molecule has 0 saturated heterocycles. The number of amides is 1. The summed E-state index contributed by atoms with van der Waals surface area (Å²) in [6.07, 6.45) is 1.19. The largest absolute Gasteiger partial charge is 0.494 e. The maximum atomic E-state index is 11.6. The molecule has 0 radical (unpaired) electrons. The van der Waals surface area contributed by atoms with Crippen LogP contribution in [0.4, 0.5) is 0 Å². The summed E-state index contributed by atoms with van der Waals surface area (Å²) in [5, 5.41) is 2.82. The van der Waals surface area contributed by atoms with Gasteiger partial charge in [-0.25, -0.2) is 0 Å². The van der Waals surface area contributed by atoms with Crippen LogP contribution in [0.25, 0.3) is 0 Å². The van der Waals surface area contributed by atoms with Crippen molar-refractivity contribution in [2.24, 2.45) is 0 Å². The number of hydrogen-bond donors (Lipinski definition) is 1. The summed E-state index contributed by atoms with van der Waals surface area (Å²) < 4.78 is 10.8. The SMILES string of the molecule is CCOCCNC(=O)CCCOc1ccc(C(C)(C)C)cc1. The van der Waals surface area contributed by atoms with Gasteiger partial charge in [-0.05, 0) is 36.5 Å². The first-order valence-corrected chi connectivity index (χ1v) is 8.01. The van der Waals surface area contributed by atoms with Gasteiger partial charge in [0, 0.05) is 19.6 Å². The van der Waals surface area contributed by atoms with Crippen molar-refractivity contribution in [1.29, 1.82) is 0 Å². The van der Waals surface area contributed by atoms with E-state index in [1.165, 1.54) is 5.56 Å². The van der Waals surface area contributed by atoms with Gasteiger partial charge >= 0.3 is 0 Å². The number of nitrogens with one attached hydrogen (secondary N) is 1. The molecule has 4 nitrogen and oxygen atoms in total. The molecule has 0 aliphatic rings. The molecule has 0 heterocycles. The maximum Gasteiger partial charge on any atom is 0.220 e. The molecule has 124 valence electrons. The zero-order valence-corrected chi connectivity index (χ0v) is 14.3. The minimum Gasteiger partial charge on any atom is -0.494 e. The van der Waals surface area contributed by atoms with E-state index < -0.39 is 0 Å². The highest BCUT2D eigenvalue weighted by Crippen LogP contribution is 2.24. The van der Waals surface area contributed by atoms with Crippen LogP contribution in [-0.4, -0.2) is 32.3 Å². The molecule has 1 amide bonds. The predicted molar refractivity (Wildman–Crippen MR) is 89.4 cm³/mol. The first-order chi connectivity index (χ1) is 10.4. The molecule has 1 aromatic rings. The van der Waals surface area contributed by atoms with Crippen molar-refractivity contribution in [2.45, 2.75) is 46.0 Å². The Morgan fingerprint density at radius 1 is 1.14 bits per heavy atom. The van der Waals surface area contributed by atoms with Gasteiger partial charge in [-0.2, -0.15) is 0 Å². The van der Waals surface area contributed by atoms with Crippen molar-refractivity contribution in [3.8, 4) is 5.75 Å². The lowest BCUT2D eigenvalue weighted by Gasteiger charge is -2.19. The summed E-state index contributed by atoms with van der Waals surface area (Å²) in [4.78, 5) is 11.6. The highest BCUT2D eigenvalue weighted by molar-refractivity contribution is 5.75. The summed E-state index contributed by atoms with van der Waals surface area (Å²) >= 11 is 0. The van der Waals surface area contributed by atoms with E-state index in [2.05, 4.69) is 38.2 Å². The second-order valence-corrected chi connectivity index (χ2v) is 6.27. The number of carbonyl (C=O) groups is 1. The Hall–Kier alpha value is -1.55. The Morgan fingerprint density at radius 2 is 1.82 bits per heavy atom. The second-order valence-electron chi connectivity index (χ2n) is 6.27. The number of benzene rings is 1. The second kappa shape index (κ2) is 9.46. The Labute approximate surface area is 134 Å². The van der Waals surface area contributed by atoms with Gasteiger partial charge < -0.3 is 14.8 Å². The molecule has 1 rings (SSSR count). The first kappa shape index (κ1) is 18.5. The van der Waals surface area contributed by atoms with Crippen LogP contribution >= 0.6 is 0 Å². The van der Waals surface area contributed by atoms with Crippen LogP contribution in [0.3, 0.4) is 0 Å². The smallest absolute Gasteiger partial charge is 0.220 e. The van der Waals surface area contributed by atoms with Crippen molar-refractivity contribution in [3.05, 3.63) is 29.8 Å². The summed E-state index contributed by atoms with van der Waals surface area (Å²) in [5.41, 5.74) is 1.44. The highest BCUT2D eigenvalue weighted by Gasteiger charge is 2.12. The van der Waals surface area contributed by atoms with Gasteiger partial charge in [0.15, 0.2) is 0 Å². The van der Waals surface area contributed by atoms with Crippen LogP contribution in [0.2, 0.25) is 0 Å². The van der Waals surface area contributed by atoms with Crippen LogP contribution in [0.1, 0.15) is 46.1 Å². The molecular formula is C18H29NO3. The quantitative estimate of drug-likeness (QED) is 0.712. The van der Waals surface area contributed by atoms with Crippen molar-refractivity contribution < 1.29 is 14.3 Å². The Kier molecular flexibility index (Phi) is 7.96. The summed E-state index contributed by atoms with van der Waals surface area (Å²) in [6.45, 7) is 10.9. The molecule has 0 fully saturated rings. The van der Waals surface area contributed by atoms with Crippen LogP contribution in [0, 0.1) is 0 Å². The molecule has 0 aliphatic carbocycles. The highest BCUT2D eigenvalue weighted by atomic mass is 16.5. The van der Waals surface area contributed by atoms with E-state index in [-0.39, 0.29) is 11.3 Å². The molecule has 22 heavy (non-hydrogen) atoms. The number of ether oxygens (including phenoxy) is 2. The third-order valence-corrected chi connectivity index (χ3v) is 3.31. The fourth-order valence-corrected chi connectivity index (χ4v) is 1.97. The van der Waals surface area contributed by atoms with E-state index >= 15 is 0 Å². The van der Waals surface area contributed by atoms with Crippen molar-refractivity contribution >= 4 is 5.91 Å². The number of rotatable bonds is 9. The number of hydrogen-bond acceptors (Lipinski definition) is 3. The minimum atomic E-state index is 0.0476. The van der Waals surface area contributed by atoms with Crippen LogP contribution in [0.5, 0.6) is 5.75 Å². The van der Waals surface area contributed by atoms with E-state index in [1.807, 2.05) is 19.1 Å². The molecule has 1 N–H and O–H groups in total. The standard InChI is InChI=1S/C18H29NO3/c1-5-21-14-12-19-17(20)7-6-13-22-16-10-8-15(9-11-16)18(2,3)4/h8-11H,5-7,12-14H2,1-4H3,(H,19,20). The molecule has 0 aliphatic heterocycles. The molecule has 4 heteroatoms. The van der Waals surface area contributed by atoms with Crippen molar-refractivity contribution in [1.82, 2.24) is 5.32 Å². The fourth-order valence-electron chi connectivity index (χ4n) is 1.97. The van der Waals surface area contributed by atoms with Gasteiger partial charge in [0.2, 0.25) is 5.91 Å². The average molecular weight is 307 g/mol. The lowest BCUT2D eigenvalue weighted by Crippen LogP contribution is -2.27. The van der Waals surface area contributed by atoms with Gasteiger partial charge in [-0.1, -0.05) is 32.9 Å². The van der Waals surface area contributed by atoms with Gasteiger partial charge in [-0.3, -0.25) is 4.79 Å². The lowest BCUT2D eigenvalue weighted by atomic mass is 9.87. The van der Waals surface area contributed by atoms with Gasteiger partial charge in [0.05, 0.1) is 13.2 Å². The van der Waals surface area contributed by atoms with E-state index in [4.69, 9.17) is 9.47 Å². The fraction of sp³-hybridized carbons (Fsp3) is 0.611. The molecule has 0 saturated carbocycles. The minimum absolute atomic E-state index is 0.0476. The molecule has 0 bridgehead atoms. The third-order valence-electron chi connectivity index (χ3n) is 3.31. The van der Waals surface area contributed by atoms with Crippen LogP contribution < -0.4 is 10.1 Å². The predicted octanol–water partition coefficient (Wildman–Crippen LogP) is 3.30. The average Bonchev–Trinajstić information content (AvgIpc) is 2.48. The number of carbonyl (C=O) groups excluding carboxylic acids is 1. The molecule has 0 spiro atoms. The van der Waals surface area contributed by atoms with E-state index in [9.17, 15) is 4.79 Å². The Balaban J connectivity index is 2.18. The van der Waals surface area contributed by atoms with E-state index in [0.29, 0.717) is 39.2 Å². The zero-order chi connectivity index (χ0) is 16.4. The Bertz CT molecular complexity index is 435. The zero-order valence-electron chi connectivity index (χ0n) is 14.3. The molecular weight excluding hydrogens is 278 g/mol. The summed E-state index contributed by atoms with van der Waals surface area (Å²) in [6, 6.07) is 8.16. The van der Waals surface area contributed by atoms with E-state index in [1.54, 1.807) is 0 Å². The van der Waals surface area contributed by atoms with Crippen LogP contribution in [0.15, 0.2) is 24.3 Å². The summed E-state index contributed by atoms with van der Waals surface area (Å²) in [7, 11) is 0. The normalized spacial score (nSPS) is 11.3. The molecule has 0 atom stereocenters. The monoisotopic (exact) mass is 307 g/mol. The summed E-state index contributed by atoms with van der Waals surface area (Å²) in [5.74, 6) is 0.899. The maximum absolute atomic E-state index is 11.6. The van der Waals surface area contributed by atoms with Crippen LogP contribution in [-0.2, 0) is 14.9 Å². The van der Waals surface area contributed by atoms with Gasteiger partial charge in [0.25, 0.3) is 0 Å². The van der Waals surface area contributed by atoms with Gasteiger partial charge in [-0.15, -0.1) is 0 Å². The van der Waals surface area contributed by atoms with Crippen molar-refractivity contribution in [2.75, 3.05) is 26.4 Å². The molecule has 0 unspecified atom stereocenters. The lowest BCUT2D eigenvalue weighted by molar-refractivity contribution is -0.121. The third kappa shape index (κ3) is 7.46.